The summed E-state index contributed by atoms with van der Waals surface area (Å²) in [7, 11) is 1.60. The molecule has 0 atom stereocenters. The van der Waals surface area contributed by atoms with E-state index in [0.717, 1.165) is 35.3 Å². The monoisotopic (exact) mass is 638 g/mol. The van der Waals surface area contributed by atoms with Crippen molar-refractivity contribution in [2.75, 3.05) is 12.5 Å². The first-order valence-corrected chi connectivity index (χ1v) is 11.5. The van der Waals surface area contributed by atoms with Crippen LogP contribution in [0.5, 0.6) is 5.75 Å². The van der Waals surface area contributed by atoms with E-state index in [0.29, 0.717) is 24.6 Å². The number of pyridine rings is 1. The van der Waals surface area contributed by atoms with E-state index in [2.05, 4.69) is 72.8 Å². The molecule has 0 aliphatic heterocycles. The molecule has 0 radical (unpaired) electrons. The lowest BCUT2D eigenvalue weighted by Crippen LogP contribution is -2.04. The molecule has 6 nitrogen and oxygen atoms in total. The lowest BCUT2D eigenvalue weighted by molar-refractivity contribution is 0.184. The van der Waals surface area contributed by atoms with Crippen LogP contribution in [0.25, 0.3) is 0 Å². The van der Waals surface area contributed by atoms with Gasteiger partial charge in [0.25, 0.3) is 0 Å². The Balaban J connectivity index is 1.85. The number of anilines is 1. The number of nitrogens with one attached hydrogen (secondary N) is 1. The molecule has 0 amide bonds. The van der Waals surface area contributed by atoms with Crippen molar-refractivity contribution in [1.82, 2.24) is 4.98 Å². The van der Waals surface area contributed by atoms with Crippen molar-refractivity contribution in [2.45, 2.75) is 20.1 Å². The molecule has 3 rings (SSSR count). The molecule has 0 saturated carbocycles. The van der Waals surface area contributed by atoms with Gasteiger partial charge in [0.15, 0.2) is 5.82 Å². The van der Waals surface area contributed by atoms with Crippen LogP contribution in [0.3, 0.4) is 0 Å². The Bertz CT molecular complexity index is 1130. The van der Waals surface area contributed by atoms with Crippen LogP contribution < -0.4 is 10.2 Å². The van der Waals surface area contributed by atoms with E-state index in [-0.39, 0.29) is 0 Å². The smallest absolute Gasteiger partial charge is 0.164 e. The summed E-state index contributed by atoms with van der Waals surface area (Å²) in [4.78, 5) is 4.41. The Morgan fingerprint density at radius 3 is 2.65 bits per heavy atom. The molecule has 0 aliphatic rings. The molecule has 158 valence electrons. The Morgan fingerprint density at radius 1 is 1.16 bits per heavy atom. The topological polar surface area (TPSA) is 79.5 Å². The zero-order chi connectivity index (χ0) is 22.2. The zero-order valence-corrected chi connectivity index (χ0v) is 21.3. The van der Waals surface area contributed by atoms with Crippen molar-refractivity contribution >= 4 is 57.2 Å². The molecule has 0 aliphatic carbocycles. The molecule has 0 fully saturated rings. The number of benzene rings is 2. The molecule has 2 aromatic carbocycles. The van der Waals surface area contributed by atoms with Gasteiger partial charge in [-0.2, -0.15) is 10.4 Å². The molecule has 3 aromatic rings. The molecule has 1 heterocycles. The van der Waals surface area contributed by atoms with Crippen molar-refractivity contribution in [3.8, 4) is 11.8 Å². The minimum atomic E-state index is 0.331. The highest BCUT2D eigenvalue weighted by Crippen LogP contribution is 2.28. The van der Waals surface area contributed by atoms with Crippen LogP contribution in [0.1, 0.15) is 27.9 Å². The summed E-state index contributed by atoms with van der Waals surface area (Å²) < 4.78 is 13.4. The maximum atomic E-state index is 9.57. The number of hydrazone groups is 1. The van der Waals surface area contributed by atoms with E-state index in [4.69, 9.17) is 9.47 Å². The second kappa shape index (κ2) is 11.4. The van der Waals surface area contributed by atoms with E-state index in [1.165, 1.54) is 0 Å². The SMILES string of the molecule is COCc1cc(C)nc(NN=Cc2cc(I)cc(I)c2OCc2ccccc2)c1C#N. The third-order valence-corrected chi connectivity index (χ3v) is 5.70. The number of halogens is 2. The predicted molar refractivity (Wildman–Crippen MR) is 138 cm³/mol. The van der Waals surface area contributed by atoms with E-state index < -0.39 is 0 Å². The molecule has 0 saturated heterocycles. The number of hydrogen-bond donors (Lipinski definition) is 1. The van der Waals surface area contributed by atoms with Crippen LogP contribution in [0.2, 0.25) is 0 Å². The first-order chi connectivity index (χ1) is 15.0. The Kier molecular flexibility index (Phi) is 8.62. The summed E-state index contributed by atoms with van der Waals surface area (Å²) in [5.41, 5.74) is 6.80. The van der Waals surface area contributed by atoms with E-state index >= 15 is 0 Å². The van der Waals surface area contributed by atoms with Crippen molar-refractivity contribution in [1.29, 1.82) is 5.26 Å². The van der Waals surface area contributed by atoms with Crippen LogP contribution in [0.15, 0.2) is 53.6 Å². The number of nitrogens with zero attached hydrogens (tertiary/aromatic N) is 3. The summed E-state index contributed by atoms with van der Waals surface area (Å²) in [6.45, 7) is 2.66. The summed E-state index contributed by atoms with van der Waals surface area (Å²) in [5, 5.41) is 13.9. The fourth-order valence-electron chi connectivity index (χ4n) is 2.94. The van der Waals surface area contributed by atoms with E-state index in [1.807, 2.05) is 49.4 Å². The largest absolute Gasteiger partial charge is 0.487 e. The van der Waals surface area contributed by atoms with Crippen LogP contribution in [0, 0.1) is 25.4 Å². The lowest BCUT2D eigenvalue weighted by atomic mass is 10.1. The van der Waals surface area contributed by atoms with Gasteiger partial charge in [-0.05, 0) is 75.9 Å². The highest BCUT2D eigenvalue weighted by Gasteiger charge is 2.12. The number of hydrogen-bond acceptors (Lipinski definition) is 6. The quantitative estimate of drug-likeness (QED) is 0.196. The number of nitriles is 1. The minimum absolute atomic E-state index is 0.331. The van der Waals surface area contributed by atoms with Gasteiger partial charge in [0.05, 0.1) is 16.4 Å². The number of ether oxygens (including phenoxy) is 2. The molecule has 1 aromatic heterocycles. The molecule has 8 heteroatoms. The standard InChI is InChI=1S/C23H20I2N4O2/c1-15-8-18(14-30-2)20(11-26)23(28-15)29-27-12-17-9-19(24)10-21(25)22(17)31-13-16-6-4-3-5-7-16/h3-10,12H,13-14H2,1-2H3,(H,28,29). The summed E-state index contributed by atoms with van der Waals surface area (Å²) in [5.74, 6) is 1.16. The fraction of sp³-hybridized carbons (Fsp3) is 0.174. The van der Waals surface area contributed by atoms with Crippen LogP contribution in [0.4, 0.5) is 5.82 Å². The highest BCUT2D eigenvalue weighted by molar-refractivity contribution is 14.1. The average Bonchev–Trinajstić information content (AvgIpc) is 2.74. The highest BCUT2D eigenvalue weighted by atomic mass is 127. The number of aromatic nitrogens is 1. The molecule has 1 N–H and O–H groups in total. The van der Waals surface area contributed by atoms with Gasteiger partial charge in [0.1, 0.15) is 24.0 Å². The van der Waals surface area contributed by atoms with Gasteiger partial charge in [-0.15, -0.1) is 0 Å². The zero-order valence-electron chi connectivity index (χ0n) is 17.0. The van der Waals surface area contributed by atoms with Gasteiger partial charge >= 0.3 is 0 Å². The number of aryl methyl sites for hydroxylation is 1. The van der Waals surface area contributed by atoms with Crippen LogP contribution in [-0.2, 0) is 18.0 Å². The first-order valence-electron chi connectivity index (χ1n) is 9.36. The summed E-state index contributed by atoms with van der Waals surface area (Å²) in [6, 6.07) is 18.1. The predicted octanol–water partition coefficient (Wildman–Crippen LogP) is 5.64. The van der Waals surface area contributed by atoms with Crippen molar-refractivity contribution in [3.05, 3.63) is 83.6 Å². The van der Waals surface area contributed by atoms with Crippen molar-refractivity contribution in [2.24, 2.45) is 5.10 Å². The van der Waals surface area contributed by atoms with Gasteiger partial charge in [0, 0.05) is 27.5 Å². The Labute approximate surface area is 209 Å². The number of rotatable bonds is 8. The van der Waals surface area contributed by atoms with Gasteiger partial charge in [-0.3, -0.25) is 5.43 Å². The van der Waals surface area contributed by atoms with Gasteiger partial charge < -0.3 is 9.47 Å². The summed E-state index contributed by atoms with van der Waals surface area (Å²) in [6.07, 6.45) is 1.69. The maximum absolute atomic E-state index is 9.57. The fourth-order valence-corrected chi connectivity index (χ4v) is 4.98. The van der Waals surface area contributed by atoms with Gasteiger partial charge in [-0.25, -0.2) is 4.98 Å². The summed E-state index contributed by atoms with van der Waals surface area (Å²) >= 11 is 4.53. The molecule has 0 unspecified atom stereocenters. The normalized spacial score (nSPS) is 10.8. The average molecular weight is 638 g/mol. The van der Waals surface area contributed by atoms with E-state index in [9.17, 15) is 5.26 Å². The Morgan fingerprint density at radius 2 is 1.94 bits per heavy atom. The second-order valence-corrected chi connectivity index (χ2v) is 9.05. The van der Waals surface area contributed by atoms with Crippen molar-refractivity contribution < 1.29 is 9.47 Å². The molecular weight excluding hydrogens is 618 g/mol. The van der Waals surface area contributed by atoms with Gasteiger partial charge in [-0.1, -0.05) is 30.3 Å². The maximum Gasteiger partial charge on any atom is 0.164 e. The van der Waals surface area contributed by atoms with Crippen molar-refractivity contribution in [3.63, 3.8) is 0 Å². The van der Waals surface area contributed by atoms with E-state index in [1.54, 1.807) is 13.3 Å². The van der Waals surface area contributed by atoms with Gasteiger partial charge in [0.2, 0.25) is 0 Å². The second-order valence-electron chi connectivity index (χ2n) is 6.64. The third-order valence-electron chi connectivity index (χ3n) is 4.28. The molecular formula is C23H20I2N4O2. The van der Waals surface area contributed by atoms with Crippen LogP contribution in [-0.4, -0.2) is 18.3 Å². The molecule has 0 bridgehead atoms. The van der Waals surface area contributed by atoms with Crippen LogP contribution >= 0.6 is 45.2 Å². The first kappa shape index (κ1) is 23.4. The minimum Gasteiger partial charge on any atom is -0.487 e. The lowest BCUT2D eigenvalue weighted by Gasteiger charge is -2.12. The number of methoxy groups -OCH3 is 1. The molecule has 31 heavy (non-hydrogen) atoms. The molecule has 0 spiro atoms. The Hall–Kier alpha value is -2.23. The third kappa shape index (κ3) is 6.38.